The van der Waals surface area contributed by atoms with Crippen LogP contribution in [-0.4, -0.2) is 28.1 Å². The number of benzene rings is 1. The first kappa shape index (κ1) is 17.3. The second-order valence-electron chi connectivity index (χ2n) is 6.44. The molecular weight excluding hydrogens is 316 g/mol. The SMILES string of the molecule is CCCCOC(=O)c1cc(C/C(=N/O)c2ccccc2)n(C2CC2)c1. The number of carbonyl (C=O) groups excluding carboxylic acids is 1. The molecule has 25 heavy (non-hydrogen) atoms. The standard InChI is InChI=1S/C20H24N2O3/c1-2-3-11-25-20(23)16-12-18(22(14-16)17-9-10-17)13-19(21-24)15-7-5-4-6-8-15/h4-8,12,14,17,24H,2-3,9-11,13H2,1H3/b21-19-. The van der Waals surface area contributed by atoms with Crippen LogP contribution in [0.5, 0.6) is 0 Å². The molecule has 132 valence electrons. The van der Waals surface area contributed by atoms with Gasteiger partial charge in [-0.3, -0.25) is 0 Å². The molecule has 1 aromatic heterocycles. The van der Waals surface area contributed by atoms with E-state index in [4.69, 9.17) is 4.74 Å². The first-order chi connectivity index (χ1) is 12.2. The normalized spacial score (nSPS) is 14.5. The molecule has 0 saturated heterocycles. The van der Waals surface area contributed by atoms with Crippen molar-refractivity contribution in [2.75, 3.05) is 6.61 Å². The predicted molar refractivity (Wildman–Crippen MR) is 96.4 cm³/mol. The quantitative estimate of drug-likeness (QED) is 0.257. The number of aromatic nitrogens is 1. The van der Waals surface area contributed by atoms with Crippen LogP contribution >= 0.6 is 0 Å². The molecule has 0 radical (unpaired) electrons. The smallest absolute Gasteiger partial charge is 0.339 e. The van der Waals surface area contributed by atoms with E-state index in [1.54, 1.807) is 0 Å². The summed E-state index contributed by atoms with van der Waals surface area (Å²) in [5.41, 5.74) is 3.01. The van der Waals surface area contributed by atoms with Crippen molar-refractivity contribution in [1.82, 2.24) is 4.57 Å². The molecule has 1 heterocycles. The van der Waals surface area contributed by atoms with Crippen LogP contribution in [-0.2, 0) is 11.2 Å². The minimum Gasteiger partial charge on any atom is -0.462 e. The predicted octanol–water partition coefficient (Wildman–Crippen LogP) is 4.20. The van der Waals surface area contributed by atoms with Gasteiger partial charge in [0.2, 0.25) is 0 Å². The van der Waals surface area contributed by atoms with Gasteiger partial charge in [0.1, 0.15) is 0 Å². The molecular formula is C20H24N2O3. The number of rotatable bonds is 8. The molecule has 0 amide bonds. The Bertz CT molecular complexity index is 746. The summed E-state index contributed by atoms with van der Waals surface area (Å²) < 4.78 is 7.45. The van der Waals surface area contributed by atoms with Gasteiger partial charge < -0.3 is 14.5 Å². The molecule has 0 atom stereocenters. The minimum atomic E-state index is -0.281. The lowest BCUT2D eigenvalue weighted by Crippen LogP contribution is -2.09. The van der Waals surface area contributed by atoms with E-state index in [1.165, 1.54) is 0 Å². The summed E-state index contributed by atoms with van der Waals surface area (Å²) in [6.07, 6.45) is 6.44. The van der Waals surface area contributed by atoms with E-state index in [-0.39, 0.29) is 5.97 Å². The topological polar surface area (TPSA) is 63.8 Å². The number of esters is 1. The van der Waals surface area contributed by atoms with Gasteiger partial charge in [0.15, 0.2) is 0 Å². The van der Waals surface area contributed by atoms with Crippen molar-refractivity contribution in [2.24, 2.45) is 5.16 Å². The van der Waals surface area contributed by atoms with E-state index in [0.717, 1.165) is 36.9 Å². The fourth-order valence-electron chi connectivity index (χ4n) is 2.86. The number of hydrogen-bond donors (Lipinski definition) is 1. The fourth-order valence-corrected chi connectivity index (χ4v) is 2.86. The molecule has 2 aromatic rings. The maximum Gasteiger partial charge on any atom is 0.339 e. The Hall–Kier alpha value is -2.56. The molecule has 1 saturated carbocycles. The summed E-state index contributed by atoms with van der Waals surface area (Å²) in [5.74, 6) is -0.281. The fraction of sp³-hybridized carbons (Fsp3) is 0.400. The van der Waals surface area contributed by atoms with Crippen molar-refractivity contribution in [3.05, 3.63) is 59.4 Å². The third-order valence-electron chi connectivity index (χ3n) is 4.42. The largest absolute Gasteiger partial charge is 0.462 e. The molecule has 0 unspecified atom stereocenters. The van der Waals surface area contributed by atoms with Gasteiger partial charge in [-0.1, -0.05) is 48.8 Å². The highest BCUT2D eigenvalue weighted by Gasteiger charge is 2.27. The summed E-state index contributed by atoms with van der Waals surface area (Å²) in [6.45, 7) is 2.52. The Morgan fingerprint density at radius 3 is 2.68 bits per heavy atom. The van der Waals surface area contributed by atoms with E-state index >= 15 is 0 Å². The minimum absolute atomic E-state index is 0.281. The first-order valence-corrected chi connectivity index (χ1v) is 8.87. The Morgan fingerprint density at radius 2 is 2.04 bits per heavy atom. The van der Waals surface area contributed by atoms with Crippen molar-refractivity contribution in [1.29, 1.82) is 0 Å². The van der Waals surface area contributed by atoms with E-state index in [2.05, 4.69) is 16.6 Å². The van der Waals surface area contributed by atoms with E-state index in [0.29, 0.717) is 30.3 Å². The molecule has 1 aliphatic rings. The Balaban J connectivity index is 1.79. The number of nitrogens with zero attached hydrogens (tertiary/aromatic N) is 2. The lowest BCUT2D eigenvalue weighted by molar-refractivity contribution is 0.0499. The second kappa shape index (κ2) is 8.01. The van der Waals surface area contributed by atoms with Crippen LogP contribution < -0.4 is 0 Å². The first-order valence-electron chi connectivity index (χ1n) is 8.87. The van der Waals surface area contributed by atoms with Gasteiger partial charge in [-0.05, 0) is 30.9 Å². The van der Waals surface area contributed by atoms with Gasteiger partial charge in [-0.15, -0.1) is 0 Å². The molecule has 1 aliphatic carbocycles. The molecule has 5 heteroatoms. The molecule has 1 fully saturated rings. The zero-order valence-electron chi connectivity index (χ0n) is 14.5. The number of oxime groups is 1. The van der Waals surface area contributed by atoms with Gasteiger partial charge in [0.05, 0.1) is 17.9 Å². The lowest BCUT2D eigenvalue weighted by Gasteiger charge is -2.09. The van der Waals surface area contributed by atoms with E-state index < -0.39 is 0 Å². The maximum atomic E-state index is 12.2. The highest BCUT2D eigenvalue weighted by molar-refractivity contribution is 6.01. The van der Waals surface area contributed by atoms with Crippen LogP contribution in [0.4, 0.5) is 0 Å². The molecule has 0 aliphatic heterocycles. The van der Waals surface area contributed by atoms with Gasteiger partial charge in [0.25, 0.3) is 0 Å². The average molecular weight is 340 g/mol. The van der Waals surface area contributed by atoms with Crippen LogP contribution in [0.2, 0.25) is 0 Å². The van der Waals surface area contributed by atoms with Crippen molar-refractivity contribution >= 4 is 11.7 Å². The molecule has 0 spiro atoms. The van der Waals surface area contributed by atoms with Crippen LogP contribution in [0.1, 0.15) is 60.3 Å². The number of unbranched alkanes of at least 4 members (excludes halogenated alkanes) is 1. The second-order valence-corrected chi connectivity index (χ2v) is 6.44. The van der Waals surface area contributed by atoms with Crippen LogP contribution in [0, 0.1) is 0 Å². The zero-order chi connectivity index (χ0) is 17.6. The van der Waals surface area contributed by atoms with Gasteiger partial charge in [0, 0.05) is 24.4 Å². The van der Waals surface area contributed by atoms with Crippen molar-refractivity contribution in [3.63, 3.8) is 0 Å². The van der Waals surface area contributed by atoms with Crippen molar-refractivity contribution in [3.8, 4) is 0 Å². The zero-order valence-corrected chi connectivity index (χ0v) is 14.5. The van der Waals surface area contributed by atoms with Crippen LogP contribution in [0.25, 0.3) is 0 Å². The molecule has 0 bridgehead atoms. The third-order valence-corrected chi connectivity index (χ3v) is 4.42. The monoisotopic (exact) mass is 340 g/mol. The summed E-state index contributed by atoms with van der Waals surface area (Å²) in [7, 11) is 0. The van der Waals surface area contributed by atoms with Crippen molar-refractivity contribution < 1.29 is 14.7 Å². The van der Waals surface area contributed by atoms with Crippen LogP contribution in [0.15, 0.2) is 47.8 Å². The number of carbonyl (C=O) groups is 1. The average Bonchev–Trinajstić information content (AvgIpc) is 3.40. The van der Waals surface area contributed by atoms with Crippen molar-refractivity contribution in [2.45, 2.75) is 45.1 Å². The third kappa shape index (κ3) is 4.29. The molecule has 1 aromatic carbocycles. The maximum absolute atomic E-state index is 12.2. The van der Waals surface area contributed by atoms with Gasteiger partial charge >= 0.3 is 5.97 Å². The summed E-state index contributed by atoms with van der Waals surface area (Å²) in [5, 5.41) is 12.9. The highest BCUT2D eigenvalue weighted by atomic mass is 16.5. The summed E-state index contributed by atoms with van der Waals surface area (Å²) in [6, 6.07) is 11.9. The van der Waals surface area contributed by atoms with E-state index in [9.17, 15) is 10.0 Å². The Labute approximate surface area is 147 Å². The number of ether oxygens (including phenoxy) is 1. The van der Waals surface area contributed by atoms with Crippen LogP contribution in [0.3, 0.4) is 0 Å². The van der Waals surface area contributed by atoms with E-state index in [1.807, 2.05) is 42.6 Å². The Kier molecular flexibility index (Phi) is 5.53. The number of hydrogen-bond acceptors (Lipinski definition) is 4. The summed E-state index contributed by atoms with van der Waals surface area (Å²) >= 11 is 0. The highest BCUT2D eigenvalue weighted by Crippen LogP contribution is 2.37. The van der Waals surface area contributed by atoms with Gasteiger partial charge in [-0.2, -0.15) is 0 Å². The molecule has 5 nitrogen and oxygen atoms in total. The molecule has 3 rings (SSSR count). The van der Waals surface area contributed by atoms with Gasteiger partial charge in [-0.25, -0.2) is 4.79 Å². The lowest BCUT2D eigenvalue weighted by atomic mass is 10.1. The molecule has 1 N–H and O–H groups in total. The summed E-state index contributed by atoms with van der Waals surface area (Å²) in [4.78, 5) is 12.2. The Morgan fingerprint density at radius 1 is 1.28 bits per heavy atom.